The highest BCUT2D eigenvalue weighted by Gasteiger charge is 2.08. The van der Waals surface area contributed by atoms with Gasteiger partial charge in [-0.1, -0.05) is 13.0 Å². The van der Waals surface area contributed by atoms with Crippen molar-refractivity contribution in [2.45, 2.75) is 19.9 Å². The molecule has 0 aliphatic carbocycles. The fourth-order valence-corrected chi connectivity index (χ4v) is 2.09. The summed E-state index contributed by atoms with van der Waals surface area (Å²) in [6.45, 7) is 3.15. The molecule has 0 spiro atoms. The maximum Gasteiger partial charge on any atom is 0.270 e. The van der Waals surface area contributed by atoms with E-state index in [1.54, 1.807) is 20.3 Å². The number of rotatable bonds is 8. The van der Waals surface area contributed by atoms with E-state index in [1.807, 2.05) is 25.1 Å². The maximum atomic E-state index is 11.9. The summed E-state index contributed by atoms with van der Waals surface area (Å²) in [7, 11) is 3.20. The summed E-state index contributed by atoms with van der Waals surface area (Å²) in [6, 6.07) is 7.30. The summed E-state index contributed by atoms with van der Waals surface area (Å²) in [4.78, 5) is 20.1. The zero-order chi connectivity index (χ0) is 17.4. The van der Waals surface area contributed by atoms with Gasteiger partial charge in [0.1, 0.15) is 17.8 Å². The van der Waals surface area contributed by atoms with Crippen molar-refractivity contribution in [1.29, 1.82) is 0 Å². The molecule has 7 nitrogen and oxygen atoms in total. The average Bonchev–Trinajstić information content (AvgIpc) is 2.64. The Labute approximate surface area is 141 Å². The first kappa shape index (κ1) is 17.5. The number of hydrogen-bond acceptors (Lipinski definition) is 6. The van der Waals surface area contributed by atoms with E-state index in [4.69, 9.17) is 9.47 Å². The molecule has 0 aliphatic heterocycles. The second kappa shape index (κ2) is 8.71. The largest absolute Gasteiger partial charge is 0.493 e. The number of anilines is 1. The van der Waals surface area contributed by atoms with Crippen molar-refractivity contribution >= 4 is 11.7 Å². The van der Waals surface area contributed by atoms with Gasteiger partial charge >= 0.3 is 0 Å². The highest BCUT2D eigenvalue weighted by atomic mass is 16.5. The second-order valence-electron chi connectivity index (χ2n) is 5.09. The van der Waals surface area contributed by atoms with E-state index in [0.29, 0.717) is 36.1 Å². The summed E-state index contributed by atoms with van der Waals surface area (Å²) < 4.78 is 10.5. The molecule has 0 unspecified atom stereocenters. The molecule has 1 amide bonds. The minimum Gasteiger partial charge on any atom is -0.493 e. The molecule has 1 aromatic carbocycles. The molecule has 2 rings (SSSR count). The minimum atomic E-state index is -0.201. The Hall–Kier alpha value is -2.83. The lowest BCUT2D eigenvalue weighted by molar-refractivity contribution is 0.0948. The third-order valence-electron chi connectivity index (χ3n) is 3.36. The number of nitrogens with zero attached hydrogens (tertiary/aromatic N) is 2. The van der Waals surface area contributed by atoms with Crippen LogP contribution in [0.4, 0.5) is 5.82 Å². The number of hydrogen-bond donors (Lipinski definition) is 2. The molecule has 2 N–H and O–H groups in total. The van der Waals surface area contributed by atoms with Gasteiger partial charge in [0.05, 0.1) is 14.2 Å². The van der Waals surface area contributed by atoms with Crippen LogP contribution in [0, 0.1) is 0 Å². The normalized spacial score (nSPS) is 10.1. The zero-order valence-electron chi connectivity index (χ0n) is 14.1. The molecule has 0 atom stereocenters. The Kier molecular flexibility index (Phi) is 6.36. The molecule has 0 fully saturated rings. The number of aromatic nitrogens is 2. The van der Waals surface area contributed by atoms with Crippen molar-refractivity contribution < 1.29 is 14.3 Å². The lowest BCUT2D eigenvalue weighted by atomic mass is 10.2. The Balaban J connectivity index is 2.03. The number of amides is 1. The number of methoxy groups -OCH3 is 2. The molecule has 24 heavy (non-hydrogen) atoms. The molecule has 0 radical (unpaired) electrons. The van der Waals surface area contributed by atoms with Crippen LogP contribution in [-0.4, -0.2) is 36.6 Å². The van der Waals surface area contributed by atoms with E-state index >= 15 is 0 Å². The molecule has 1 heterocycles. The second-order valence-corrected chi connectivity index (χ2v) is 5.09. The predicted molar refractivity (Wildman–Crippen MR) is 91.5 cm³/mol. The van der Waals surface area contributed by atoms with Crippen LogP contribution in [0.25, 0.3) is 0 Å². The fraction of sp³-hybridized carbons (Fsp3) is 0.353. The topological polar surface area (TPSA) is 85.4 Å². The highest BCUT2D eigenvalue weighted by Crippen LogP contribution is 2.27. The summed E-state index contributed by atoms with van der Waals surface area (Å²) in [5.74, 6) is 1.73. The van der Waals surface area contributed by atoms with Gasteiger partial charge in [0.15, 0.2) is 11.5 Å². The SMILES string of the molecule is CCCNC(=O)c1cc(NCc2ccc(OC)c(OC)c2)ncn1. The van der Waals surface area contributed by atoms with Gasteiger partial charge in [-0.15, -0.1) is 0 Å². The van der Waals surface area contributed by atoms with Gasteiger partial charge in [0.25, 0.3) is 5.91 Å². The van der Waals surface area contributed by atoms with E-state index < -0.39 is 0 Å². The molecule has 128 valence electrons. The standard InChI is InChI=1S/C17H22N4O3/c1-4-7-18-17(22)13-9-16(21-11-20-13)19-10-12-5-6-14(23-2)15(8-12)24-3/h5-6,8-9,11H,4,7,10H2,1-3H3,(H,18,22)(H,19,20,21). The van der Waals surface area contributed by atoms with Crippen LogP contribution >= 0.6 is 0 Å². The maximum absolute atomic E-state index is 11.9. The molecular formula is C17H22N4O3. The Morgan fingerprint density at radius 3 is 2.62 bits per heavy atom. The van der Waals surface area contributed by atoms with Crippen LogP contribution in [0.2, 0.25) is 0 Å². The first-order valence-corrected chi connectivity index (χ1v) is 7.73. The molecule has 0 saturated heterocycles. The number of ether oxygens (including phenoxy) is 2. The lowest BCUT2D eigenvalue weighted by Crippen LogP contribution is -2.25. The van der Waals surface area contributed by atoms with Crippen LogP contribution in [0.5, 0.6) is 11.5 Å². The highest BCUT2D eigenvalue weighted by molar-refractivity contribution is 5.92. The first-order valence-electron chi connectivity index (χ1n) is 7.73. The van der Waals surface area contributed by atoms with E-state index in [9.17, 15) is 4.79 Å². The van der Waals surface area contributed by atoms with Crippen LogP contribution in [0.15, 0.2) is 30.6 Å². The van der Waals surface area contributed by atoms with E-state index in [0.717, 1.165) is 12.0 Å². The predicted octanol–water partition coefficient (Wildman–Crippen LogP) is 2.25. The molecule has 7 heteroatoms. The van der Waals surface area contributed by atoms with Crippen molar-refractivity contribution in [2.75, 3.05) is 26.1 Å². The Morgan fingerprint density at radius 2 is 1.92 bits per heavy atom. The van der Waals surface area contributed by atoms with Crippen LogP contribution < -0.4 is 20.1 Å². The number of carbonyl (C=O) groups excluding carboxylic acids is 1. The summed E-state index contributed by atoms with van der Waals surface area (Å²) in [5.41, 5.74) is 1.34. The van der Waals surface area contributed by atoms with Crippen molar-refractivity contribution in [3.05, 3.63) is 41.9 Å². The fourth-order valence-electron chi connectivity index (χ4n) is 2.09. The molecule has 0 bridgehead atoms. The van der Waals surface area contributed by atoms with Gasteiger partial charge < -0.3 is 20.1 Å². The van der Waals surface area contributed by atoms with Gasteiger partial charge in [-0.05, 0) is 24.1 Å². The molecule has 0 aliphatic rings. The van der Waals surface area contributed by atoms with E-state index in [-0.39, 0.29) is 5.91 Å². The zero-order valence-corrected chi connectivity index (χ0v) is 14.1. The van der Waals surface area contributed by atoms with Crippen LogP contribution in [0.3, 0.4) is 0 Å². The monoisotopic (exact) mass is 330 g/mol. The van der Waals surface area contributed by atoms with Crippen molar-refractivity contribution in [3.8, 4) is 11.5 Å². The number of nitrogens with one attached hydrogen (secondary N) is 2. The van der Waals surface area contributed by atoms with E-state index in [1.165, 1.54) is 6.33 Å². The minimum absolute atomic E-state index is 0.201. The Bertz CT molecular complexity index is 691. The van der Waals surface area contributed by atoms with Crippen molar-refractivity contribution in [3.63, 3.8) is 0 Å². The number of benzene rings is 1. The van der Waals surface area contributed by atoms with Crippen LogP contribution in [-0.2, 0) is 6.54 Å². The van der Waals surface area contributed by atoms with Crippen molar-refractivity contribution in [1.82, 2.24) is 15.3 Å². The molecule has 0 saturated carbocycles. The lowest BCUT2D eigenvalue weighted by Gasteiger charge is -2.11. The first-order chi connectivity index (χ1) is 11.7. The van der Waals surface area contributed by atoms with Gasteiger partial charge in [0.2, 0.25) is 0 Å². The summed E-state index contributed by atoms with van der Waals surface area (Å²) >= 11 is 0. The van der Waals surface area contributed by atoms with Crippen molar-refractivity contribution in [2.24, 2.45) is 0 Å². The van der Waals surface area contributed by atoms with E-state index in [2.05, 4.69) is 20.6 Å². The van der Waals surface area contributed by atoms with Crippen LogP contribution in [0.1, 0.15) is 29.4 Å². The van der Waals surface area contributed by atoms with Gasteiger partial charge in [0, 0.05) is 19.2 Å². The Morgan fingerprint density at radius 1 is 1.12 bits per heavy atom. The average molecular weight is 330 g/mol. The molecule has 2 aromatic rings. The number of carbonyl (C=O) groups is 1. The third kappa shape index (κ3) is 4.58. The molecular weight excluding hydrogens is 308 g/mol. The third-order valence-corrected chi connectivity index (χ3v) is 3.36. The quantitative estimate of drug-likeness (QED) is 0.772. The summed E-state index contributed by atoms with van der Waals surface area (Å²) in [6.07, 6.45) is 2.25. The smallest absolute Gasteiger partial charge is 0.270 e. The van der Waals surface area contributed by atoms with Gasteiger partial charge in [-0.3, -0.25) is 4.79 Å². The van der Waals surface area contributed by atoms with Gasteiger partial charge in [-0.2, -0.15) is 0 Å². The summed E-state index contributed by atoms with van der Waals surface area (Å²) in [5, 5.41) is 5.96. The molecule has 1 aromatic heterocycles. The van der Waals surface area contributed by atoms with Gasteiger partial charge in [-0.25, -0.2) is 9.97 Å².